The maximum Gasteiger partial charge on any atom is 0.508 e. The van der Waals surface area contributed by atoms with Crippen LogP contribution in [-0.4, -0.2) is 108 Å². The van der Waals surface area contributed by atoms with Crippen LogP contribution in [0.3, 0.4) is 0 Å². The zero-order valence-corrected chi connectivity index (χ0v) is 29.4. The zero-order chi connectivity index (χ0) is 35.7. The van der Waals surface area contributed by atoms with Crippen LogP contribution in [0.25, 0.3) is 22.2 Å². The first kappa shape index (κ1) is 34.3. The molecule has 1 unspecified atom stereocenters. The lowest BCUT2D eigenvalue weighted by molar-refractivity contribution is -0.0828. The van der Waals surface area contributed by atoms with Gasteiger partial charge in [0.1, 0.15) is 60.6 Å². The number of fused-ring (bicyclic) bond motifs is 4. The lowest BCUT2D eigenvalue weighted by atomic mass is 10.1. The number of imidazole rings is 1. The Labute approximate surface area is 295 Å². The fourth-order valence-electron chi connectivity index (χ4n) is 6.70. The van der Waals surface area contributed by atoms with Crippen molar-refractivity contribution in [3.05, 3.63) is 24.4 Å². The van der Waals surface area contributed by atoms with Crippen LogP contribution < -0.4 is 22.1 Å². The van der Waals surface area contributed by atoms with Crippen LogP contribution in [-0.2, 0) is 39.0 Å². The molecule has 0 aliphatic carbocycles. The average molecular weight is 748 g/mol. The van der Waals surface area contributed by atoms with Gasteiger partial charge < -0.3 is 50.7 Å². The Morgan fingerprint density at radius 3 is 2.80 bits per heavy atom. The molecule has 51 heavy (non-hydrogen) atoms. The number of hydrogen-bond donors (Lipinski definition) is 6. The SMILES string of the molecule is CC(C)(N)CNc1nc(N)c2ncn([C@@H]3O[C@@H]4COP(=O)(S)O[C@H]5C[C@H](n6cc7c8c(ncnc86)NCCC7)O[C@@H]5COC(=O)O[C@@H]3[C@@H]4O)c2n1. The number of aliphatic hydroxyl groups excluding tert-OH is 1. The summed E-state index contributed by atoms with van der Waals surface area (Å²) in [5.41, 5.74) is 13.9. The summed E-state index contributed by atoms with van der Waals surface area (Å²) in [5.74, 6) is 0.988. The molecule has 22 heteroatoms. The van der Waals surface area contributed by atoms with Crippen LogP contribution >= 0.6 is 19.0 Å². The summed E-state index contributed by atoms with van der Waals surface area (Å²) in [6, 6.07) is 0. The maximum atomic E-state index is 13.6. The summed E-state index contributed by atoms with van der Waals surface area (Å²) < 4.78 is 52.2. The largest absolute Gasteiger partial charge is 0.508 e. The second-order valence-corrected chi connectivity index (χ2v) is 16.5. The van der Waals surface area contributed by atoms with Gasteiger partial charge in [-0.2, -0.15) is 9.97 Å². The summed E-state index contributed by atoms with van der Waals surface area (Å²) in [7, 11) is 0. The monoisotopic (exact) mass is 747 g/mol. The topological polar surface area (TPSA) is 260 Å². The quantitative estimate of drug-likeness (QED) is 0.0967. The molecule has 4 aliphatic heterocycles. The highest BCUT2D eigenvalue weighted by atomic mass is 32.7. The van der Waals surface area contributed by atoms with E-state index in [-0.39, 0.29) is 36.0 Å². The second-order valence-electron chi connectivity index (χ2n) is 13.6. The molecule has 274 valence electrons. The van der Waals surface area contributed by atoms with Crippen molar-refractivity contribution in [1.29, 1.82) is 0 Å². The summed E-state index contributed by atoms with van der Waals surface area (Å²) in [4.78, 5) is 35.2. The second kappa shape index (κ2) is 13.0. The number of nitrogen functional groups attached to an aromatic ring is 1. The van der Waals surface area contributed by atoms with Gasteiger partial charge in [-0.15, -0.1) is 0 Å². The minimum Gasteiger partial charge on any atom is -0.431 e. The van der Waals surface area contributed by atoms with E-state index in [1.807, 2.05) is 24.6 Å². The Balaban J connectivity index is 1.05. The molecule has 3 saturated heterocycles. The number of aliphatic hydroxyl groups is 1. The maximum absolute atomic E-state index is 13.6. The summed E-state index contributed by atoms with van der Waals surface area (Å²) in [5, 5.41) is 18.6. The van der Waals surface area contributed by atoms with Crippen LogP contribution in [0.4, 0.5) is 22.4 Å². The fourth-order valence-corrected chi connectivity index (χ4v) is 8.23. The molecule has 7 N–H and O–H groups in total. The predicted molar refractivity (Wildman–Crippen MR) is 183 cm³/mol. The number of ether oxygens (including phenoxy) is 4. The van der Waals surface area contributed by atoms with Gasteiger partial charge in [0, 0.05) is 31.2 Å². The summed E-state index contributed by atoms with van der Waals surface area (Å²) >= 11 is 4.23. The Bertz CT molecular complexity index is 2020. The van der Waals surface area contributed by atoms with Crippen molar-refractivity contribution in [3.8, 4) is 0 Å². The van der Waals surface area contributed by atoms with Crippen molar-refractivity contribution in [2.75, 3.05) is 42.7 Å². The first-order valence-electron chi connectivity index (χ1n) is 16.4. The number of nitrogens with zero attached hydrogens (tertiary/aromatic N) is 7. The molecule has 4 aromatic heterocycles. The highest BCUT2D eigenvalue weighted by Gasteiger charge is 2.50. The molecule has 2 bridgehead atoms. The molecule has 0 aromatic carbocycles. The number of cyclic esters (lactones) is 1. The number of aryl methyl sites for hydroxylation is 1. The number of thiol groups is 1. The third-order valence-corrected chi connectivity index (χ3v) is 10.7. The average Bonchev–Trinajstić information content (AvgIpc) is 3.81. The van der Waals surface area contributed by atoms with Gasteiger partial charge in [-0.25, -0.2) is 24.3 Å². The lowest BCUT2D eigenvalue weighted by Gasteiger charge is -2.24. The van der Waals surface area contributed by atoms with E-state index in [4.69, 9.17) is 39.5 Å². The molecule has 8 heterocycles. The molecule has 0 amide bonds. The molecule has 20 nitrogen and oxygen atoms in total. The molecule has 3 fully saturated rings. The van der Waals surface area contributed by atoms with E-state index in [1.54, 1.807) is 0 Å². The van der Waals surface area contributed by atoms with Crippen LogP contribution in [0.2, 0.25) is 0 Å². The molecule has 8 atom stereocenters. The molecule has 8 rings (SSSR count). The van der Waals surface area contributed by atoms with Crippen molar-refractivity contribution in [2.24, 2.45) is 5.73 Å². The molecular weight excluding hydrogens is 709 g/mol. The summed E-state index contributed by atoms with van der Waals surface area (Å²) in [6.45, 7) is -0.0923. The van der Waals surface area contributed by atoms with E-state index in [2.05, 4.69) is 47.8 Å². The smallest absolute Gasteiger partial charge is 0.431 e. The first-order valence-corrected chi connectivity index (χ1v) is 19.1. The third kappa shape index (κ3) is 6.68. The first-order chi connectivity index (χ1) is 24.3. The van der Waals surface area contributed by atoms with Crippen molar-refractivity contribution >= 4 is 65.0 Å². The molecule has 4 aliphatic rings. The van der Waals surface area contributed by atoms with Crippen LogP contribution in [0.5, 0.6) is 0 Å². The molecule has 0 spiro atoms. The molecular formula is C29H38N11O9PS. The van der Waals surface area contributed by atoms with Gasteiger partial charge in [0.05, 0.1) is 18.3 Å². The normalized spacial score (nSPS) is 31.5. The fraction of sp³-hybridized carbons (Fsp3) is 0.586. The highest BCUT2D eigenvalue weighted by Crippen LogP contribution is 2.57. The Kier molecular flexibility index (Phi) is 8.73. The van der Waals surface area contributed by atoms with E-state index in [0.717, 1.165) is 36.2 Å². The van der Waals surface area contributed by atoms with Crippen LogP contribution in [0.1, 0.15) is 44.7 Å². The number of anilines is 3. The van der Waals surface area contributed by atoms with Gasteiger partial charge in [-0.1, -0.05) is 12.2 Å². The van der Waals surface area contributed by atoms with Gasteiger partial charge in [-0.05, 0) is 32.3 Å². The highest BCUT2D eigenvalue weighted by molar-refractivity contribution is 8.44. The molecule has 0 radical (unpaired) electrons. The Morgan fingerprint density at radius 1 is 1.14 bits per heavy atom. The van der Waals surface area contributed by atoms with Crippen molar-refractivity contribution < 1.29 is 42.5 Å². The lowest BCUT2D eigenvalue weighted by Crippen LogP contribution is -2.40. The van der Waals surface area contributed by atoms with Crippen molar-refractivity contribution in [3.63, 3.8) is 0 Å². The minimum atomic E-state index is -4.10. The van der Waals surface area contributed by atoms with E-state index >= 15 is 0 Å². The minimum absolute atomic E-state index is 0.0722. The van der Waals surface area contributed by atoms with E-state index in [1.165, 1.54) is 17.2 Å². The standard InChI is InChI=1S/C29H38N11O9PS/c1-29(2,31)10-33-27-37-22(30)19-25(38-27)40(12-36-19)26-21-20(41)16(47-26)9-45-50(43,51)49-14-6-17(46-15(14)8-44-28(42)48-21)39-7-13-4-3-5-32-23-18(13)24(39)35-11-34-23/h7,11-12,14-17,20-21,26,41H,3-6,8-10,31H2,1-2H3,(H,43,51)(H,32,34,35)(H3,30,33,37,38)/t14-,15+,16+,17+,20+,21+,26+,50?/m0/s1. The third-order valence-electron chi connectivity index (χ3n) is 9.10. The number of nitrogens with two attached hydrogens (primary N) is 2. The number of carbonyl (C=O) groups excluding carboxylic acids is 1. The number of aromatic nitrogens is 7. The number of carbonyl (C=O) groups is 1. The molecule has 0 saturated carbocycles. The Hall–Kier alpha value is -3.82. The number of nitrogens with one attached hydrogen (secondary N) is 2. The van der Waals surface area contributed by atoms with Gasteiger partial charge in [0.2, 0.25) is 5.95 Å². The van der Waals surface area contributed by atoms with Crippen LogP contribution in [0.15, 0.2) is 18.9 Å². The van der Waals surface area contributed by atoms with E-state index < -0.39 is 68.1 Å². The van der Waals surface area contributed by atoms with Crippen molar-refractivity contribution in [1.82, 2.24) is 34.1 Å². The van der Waals surface area contributed by atoms with Crippen molar-refractivity contribution in [2.45, 2.75) is 81.6 Å². The predicted octanol–water partition coefficient (Wildman–Crippen LogP) is 1.88. The Morgan fingerprint density at radius 2 is 1.98 bits per heavy atom. The van der Waals surface area contributed by atoms with Crippen LogP contribution in [0, 0.1) is 0 Å². The van der Waals surface area contributed by atoms with E-state index in [9.17, 15) is 14.5 Å². The number of rotatable bonds is 5. The van der Waals surface area contributed by atoms with Gasteiger partial charge in [-0.3, -0.25) is 13.6 Å². The van der Waals surface area contributed by atoms with E-state index in [0.29, 0.717) is 12.2 Å². The van der Waals surface area contributed by atoms with Gasteiger partial charge >= 0.3 is 13.0 Å². The van der Waals surface area contributed by atoms with Gasteiger partial charge in [0.15, 0.2) is 23.8 Å². The summed E-state index contributed by atoms with van der Waals surface area (Å²) in [6.07, 6.45) is -1.89. The number of hydrogen-bond acceptors (Lipinski definition) is 18. The molecule has 4 aromatic rings. The zero-order valence-electron chi connectivity index (χ0n) is 27.6. The van der Waals surface area contributed by atoms with Gasteiger partial charge in [0.25, 0.3) is 0 Å².